The average molecular weight is 505 g/mol. The molecule has 0 bridgehead atoms. The topological polar surface area (TPSA) is 136 Å². The van der Waals surface area contributed by atoms with E-state index in [9.17, 15) is 9.18 Å². The Kier molecular flexibility index (Phi) is 5.39. The number of likely N-dealkylation sites (N-methyl/N-ethyl adjacent to an activating group) is 1. The predicted molar refractivity (Wildman–Crippen MR) is 136 cm³/mol. The number of nitrogens with two attached hydrogens (primary N) is 2. The number of hydrogen-bond acceptors (Lipinski definition) is 9. The van der Waals surface area contributed by atoms with E-state index in [1.165, 1.54) is 17.0 Å². The van der Waals surface area contributed by atoms with Gasteiger partial charge in [0.05, 0.1) is 29.8 Å². The highest BCUT2D eigenvalue weighted by molar-refractivity contribution is 5.99. The lowest BCUT2D eigenvalue weighted by atomic mass is 10.0. The van der Waals surface area contributed by atoms with Crippen molar-refractivity contribution in [1.82, 2.24) is 19.9 Å². The minimum atomic E-state index is -0.722. The van der Waals surface area contributed by atoms with Gasteiger partial charge in [-0.3, -0.25) is 4.79 Å². The number of hydrogen-bond donors (Lipinski definition) is 2. The summed E-state index contributed by atoms with van der Waals surface area (Å²) >= 11 is 0. The maximum absolute atomic E-state index is 15.0. The second-order valence-electron chi connectivity index (χ2n) is 10.4. The maximum atomic E-state index is 15.0. The Hall–Kier alpha value is -3.70. The number of aryl methyl sites for hydroxylation is 1. The van der Waals surface area contributed by atoms with Crippen LogP contribution in [0.25, 0.3) is 11.1 Å². The van der Waals surface area contributed by atoms with Gasteiger partial charge >= 0.3 is 6.01 Å². The Morgan fingerprint density at radius 1 is 1.27 bits per heavy atom. The molecule has 1 saturated heterocycles. The summed E-state index contributed by atoms with van der Waals surface area (Å²) in [6.07, 6.45) is 5.70. The van der Waals surface area contributed by atoms with Gasteiger partial charge in [-0.15, -0.1) is 0 Å². The van der Waals surface area contributed by atoms with Gasteiger partial charge in [0.15, 0.2) is 5.75 Å². The van der Waals surface area contributed by atoms with Crippen molar-refractivity contribution in [3.63, 3.8) is 0 Å². The van der Waals surface area contributed by atoms with Crippen LogP contribution in [0.4, 0.5) is 15.9 Å². The van der Waals surface area contributed by atoms with Gasteiger partial charge in [-0.2, -0.15) is 9.97 Å². The van der Waals surface area contributed by atoms with Gasteiger partial charge in [0, 0.05) is 43.6 Å². The number of carbonyl (C=O) groups is 1. The third kappa shape index (κ3) is 3.98. The highest BCUT2D eigenvalue weighted by atomic mass is 19.1. The summed E-state index contributed by atoms with van der Waals surface area (Å²) in [4.78, 5) is 34.1. The first-order valence-corrected chi connectivity index (χ1v) is 12.4. The number of fused-ring (bicyclic) bond motifs is 3. The molecule has 0 unspecified atom stereocenters. The van der Waals surface area contributed by atoms with Gasteiger partial charge in [-0.05, 0) is 49.9 Å². The van der Waals surface area contributed by atoms with E-state index in [1.807, 2.05) is 0 Å². The number of carbonyl (C=O) groups excluding carboxylic acids is 1. The summed E-state index contributed by atoms with van der Waals surface area (Å²) in [5.74, 6) is 0.936. The van der Waals surface area contributed by atoms with Crippen molar-refractivity contribution in [3.8, 4) is 22.9 Å². The molecule has 1 aliphatic heterocycles. The molecule has 3 heterocycles. The highest BCUT2D eigenvalue weighted by Gasteiger charge is 2.54. The fourth-order valence-electron chi connectivity index (χ4n) is 5.45. The molecule has 1 aromatic carbocycles. The second-order valence-corrected chi connectivity index (χ2v) is 10.4. The van der Waals surface area contributed by atoms with E-state index in [0.29, 0.717) is 47.3 Å². The van der Waals surface area contributed by atoms with Gasteiger partial charge in [0.25, 0.3) is 0 Å². The lowest BCUT2D eigenvalue weighted by Gasteiger charge is -2.23. The first-order chi connectivity index (χ1) is 17.6. The summed E-state index contributed by atoms with van der Waals surface area (Å²) in [5.41, 5.74) is 15.8. The smallest absolute Gasteiger partial charge is 0.324 e. The van der Waals surface area contributed by atoms with Crippen LogP contribution in [0.2, 0.25) is 0 Å². The second kappa shape index (κ2) is 8.42. The van der Waals surface area contributed by atoms with Crippen molar-refractivity contribution >= 4 is 17.4 Å². The van der Waals surface area contributed by atoms with E-state index >= 15 is 0 Å². The third-order valence-electron chi connectivity index (χ3n) is 7.70. The standard InChI is InChI=1S/C26H29FN8O2/c1-13(28)24(36)34(3)20-7-15(27)6-18-17(20)8-19-22(18)23(35-11-21(29)26(12-35)4-5-26)33-25(32-19)37-16-9-30-14(2)31-10-16/h6-7,9-10,13,21H,4-5,8,11-12,28-29H2,1-3H3/t13-,21-/m0/s1. The molecule has 37 heavy (non-hydrogen) atoms. The van der Waals surface area contributed by atoms with Crippen LogP contribution in [0.15, 0.2) is 24.5 Å². The Balaban J connectivity index is 1.47. The monoisotopic (exact) mass is 504 g/mol. The molecular weight excluding hydrogens is 475 g/mol. The Bertz CT molecular complexity index is 1410. The van der Waals surface area contributed by atoms with Crippen LogP contribution in [0.5, 0.6) is 11.8 Å². The number of amides is 1. The maximum Gasteiger partial charge on any atom is 0.324 e. The molecule has 2 aliphatic carbocycles. The Labute approximate surface area is 213 Å². The van der Waals surface area contributed by atoms with E-state index in [4.69, 9.17) is 26.2 Å². The van der Waals surface area contributed by atoms with Crippen molar-refractivity contribution in [1.29, 1.82) is 0 Å². The van der Waals surface area contributed by atoms with Gasteiger partial charge in [-0.1, -0.05) is 0 Å². The minimum absolute atomic E-state index is 0.0340. The van der Waals surface area contributed by atoms with Crippen molar-refractivity contribution in [3.05, 3.63) is 47.4 Å². The average Bonchev–Trinajstić information content (AvgIpc) is 3.45. The largest absolute Gasteiger partial charge is 0.421 e. The van der Waals surface area contributed by atoms with E-state index in [1.54, 1.807) is 33.3 Å². The zero-order valence-electron chi connectivity index (χ0n) is 21.0. The van der Waals surface area contributed by atoms with Crippen LogP contribution >= 0.6 is 0 Å². The third-order valence-corrected chi connectivity index (χ3v) is 7.70. The van der Waals surface area contributed by atoms with Crippen molar-refractivity contribution < 1.29 is 13.9 Å². The molecule has 10 nitrogen and oxygen atoms in total. The fraction of sp³-hybridized carbons (Fsp3) is 0.423. The highest BCUT2D eigenvalue weighted by Crippen LogP contribution is 2.54. The van der Waals surface area contributed by atoms with E-state index in [-0.39, 0.29) is 23.4 Å². The summed E-state index contributed by atoms with van der Waals surface area (Å²) in [6, 6.07) is 2.32. The Morgan fingerprint density at radius 2 is 2.00 bits per heavy atom. The van der Waals surface area contributed by atoms with Crippen LogP contribution in [0, 0.1) is 18.2 Å². The molecule has 1 saturated carbocycles. The number of benzene rings is 1. The molecule has 2 fully saturated rings. The molecule has 2 aromatic heterocycles. The molecule has 0 radical (unpaired) electrons. The van der Waals surface area contributed by atoms with E-state index in [2.05, 4.69) is 14.9 Å². The predicted octanol–water partition coefficient (Wildman–Crippen LogP) is 2.32. The summed E-state index contributed by atoms with van der Waals surface area (Å²) in [6.45, 7) is 4.81. The Morgan fingerprint density at radius 3 is 2.65 bits per heavy atom. The number of anilines is 2. The van der Waals surface area contributed by atoms with Gasteiger partial charge < -0.3 is 26.0 Å². The SMILES string of the molecule is Cc1ncc(Oc2nc3c(c(N4C[C@H](N)C5(CC5)C4)n2)-c2cc(F)cc(N(C)C(=O)[C@H](C)N)c2C3)cn1. The summed E-state index contributed by atoms with van der Waals surface area (Å²) < 4.78 is 20.9. The van der Waals surface area contributed by atoms with E-state index in [0.717, 1.165) is 30.5 Å². The molecule has 3 aromatic rings. The number of nitrogens with zero attached hydrogens (tertiary/aromatic N) is 6. The summed E-state index contributed by atoms with van der Waals surface area (Å²) in [5, 5.41) is 0. The zero-order valence-corrected chi connectivity index (χ0v) is 21.0. The minimum Gasteiger partial charge on any atom is -0.421 e. The van der Waals surface area contributed by atoms with Crippen molar-refractivity contribution in [2.75, 3.05) is 29.9 Å². The molecule has 2 atom stereocenters. The molecule has 192 valence electrons. The quantitative estimate of drug-likeness (QED) is 0.419. The summed E-state index contributed by atoms with van der Waals surface area (Å²) in [7, 11) is 1.61. The molecule has 1 amide bonds. The molecule has 1 spiro atoms. The molecule has 3 aliphatic rings. The van der Waals surface area contributed by atoms with Crippen LogP contribution in [-0.4, -0.2) is 58.1 Å². The number of halogens is 1. The zero-order chi connectivity index (χ0) is 26.1. The molecular formula is C26H29FN8O2. The molecule has 11 heteroatoms. The molecule has 4 N–H and O–H groups in total. The van der Waals surface area contributed by atoms with Crippen molar-refractivity contribution in [2.45, 2.75) is 45.2 Å². The molecule has 6 rings (SSSR count). The lowest BCUT2D eigenvalue weighted by Crippen LogP contribution is -2.40. The van der Waals surface area contributed by atoms with Crippen LogP contribution < -0.4 is 26.0 Å². The normalized spacial score (nSPS) is 19.5. The van der Waals surface area contributed by atoms with Crippen LogP contribution in [0.1, 0.15) is 36.8 Å². The van der Waals surface area contributed by atoms with Crippen molar-refractivity contribution in [2.24, 2.45) is 16.9 Å². The van der Waals surface area contributed by atoms with Gasteiger partial charge in [0.1, 0.15) is 17.5 Å². The first kappa shape index (κ1) is 23.7. The lowest BCUT2D eigenvalue weighted by molar-refractivity contribution is -0.119. The number of ether oxygens (including phenoxy) is 1. The van der Waals surface area contributed by atoms with Gasteiger partial charge in [0.2, 0.25) is 5.91 Å². The number of rotatable bonds is 5. The first-order valence-electron chi connectivity index (χ1n) is 12.4. The van der Waals surface area contributed by atoms with Crippen LogP contribution in [-0.2, 0) is 11.2 Å². The fourth-order valence-corrected chi connectivity index (χ4v) is 5.45. The number of aromatic nitrogens is 4. The van der Waals surface area contributed by atoms with E-state index < -0.39 is 11.9 Å². The van der Waals surface area contributed by atoms with Crippen LogP contribution in [0.3, 0.4) is 0 Å². The van der Waals surface area contributed by atoms with Gasteiger partial charge in [-0.25, -0.2) is 14.4 Å².